The molecule has 3 aliphatic rings. The fraction of sp³-hybridized carbons (Fsp3) is 0.682. The third kappa shape index (κ3) is 3.18. The number of hydrogen-bond acceptors (Lipinski definition) is 3. The Morgan fingerprint density at radius 3 is 2.56 bits per heavy atom. The monoisotopic (exact) mass is 342 g/mol. The van der Waals surface area contributed by atoms with E-state index < -0.39 is 5.60 Å². The number of rotatable bonds is 7. The van der Waals surface area contributed by atoms with E-state index >= 15 is 0 Å². The first-order valence-electron chi connectivity index (χ1n) is 10.0. The quantitative estimate of drug-likeness (QED) is 0.498. The lowest BCUT2D eigenvalue weighted by Crippen LogP contribution is -2.41. The molecular formula is C22H30O3. The van der Waals surface area contributed by atoms with E-state index in [0.717, 1.165) is 31.4 Å². The second-order valence-electron chi connectivity index (χ2n) is 8.59. The fourth-order valence-corrected chi connectivity index (χ4v) is 4.47. The number of carbonyl (C=O) groups excluding carboxylic acids is 1. The lowest BCUT2D eigenvalue weighted by molar-refractivity contribution is -0.154. The minimum atomic E-state index is -0.714. The molecule has 0 radical (unpaired) electrons. The highest BCUT2D eigenvalue weighted by atomic mass is 16.6. The number of aryl methyl sites for hydroxylation is 1. The van der Waals surface area contributed by atoms with Crippen molar-refractivity contribution < 1.29 is 14.3 Å². The van der Waals surface area contributed by atoms with E-state index in [-0.39, 0.29) is 5.97 Å². The molecule has 0 N–H and O–H groups in total. The molecule has 3 fully saturated rings. The first kappa shape index (κ1) is 16.9. The van der Waals surface area contributed by atoms with E-state index in [2.05, 4.69) is 32.0 Å². The van der Waals surface area contributed by atoms with E-state index in [9.17, 15) is 4.79 Å². The normalized spacial score (nSPS) is 22.8. The Labute approximate surface area is 151 Å². The average Bonchev–Trinajstić information content (AvgIpc) is 3.27. The molecule has 0 aliphatic heterocycles. The molecule has 1 spiro atoms. The van der Waals surface area contributed by atoms with Gasteiger partial charge in [0.05, 0.1) is 6.61 Å². The highest BCUT2D eigenvalue weighted by Crippen LogP contribution is 2.63. The molecule has 3 heteroatoms. The Balaban J connectivity index is 1.46. The molecule has 3 aliphatic carbocycles. The summed E-state index contributed by atoms with van der Waals surface area (Å²) in [5.74, 6) is 1.35. The van der Waals surface area contributed by atoms with Crippen LogP contribution in [0.2, 0.25) is 0 Å². The molecule has 0 aromatic heterocycles. The van der Waals surface area contributed by atoms with Gasteiger partial charge in [0.15, 0.2) is 0 Å². The second kappa shape index (κ2) is 6.34. The van der Waals surface area contributed by atoms with Gasteiger partial charge in [0.1, 0.15) is 5.75 Å². The van der Waals surface area contributed by atoms with Gasteiger partial charge in [0.2, 0.25) is 5.60 Å². The maximum absolute atomic E-state index is 12.5. The Hall–Kier alpha value is -1.51. The van der Waals surface area contributed by atoms with Crippen LogP contribution in [0.3, 0.4) is 0 Å². The van der Waals surface area contributed by atoms with Crippen molar-refractivity contribution in [3.05, 3.63) is 29.3 Å². The van der Waals surface area contributed by atoms with Gasteiger partial charge in [0.25, 0.3) is 0 Å². The SMILES string of the molecule is CCCCOC(=O)C1(Oc2cc(C)ccc2C2CC3(CCC3)C2)CC1. The van der Waals surface area contributed by atoms with Crippen LogP contribution in [0, 0.1) is 12.3 Å². The van der Waals surface area contributed by atoms with Crippen molar-refractivity contribution in [3.63, 3.8) is 0 Å². The van der Waals surface area contributed by atoms with Crippen molar-refractivity contribution in [3.8, 4) is 5.75 Å². The predicted octanol–water partition coefficient (Wildman–Crippen LogP) is 5.30. The van der Waals surface area contributed by atoms with Crippen LogP contribution >= 0.6 is 0 Å². The summed E-state index contributed by atoms with van der Waals surface area (Å²) in [5.41, 5.74) is 2.42. The number of ether oxygens (including phenoxy) is 2. The van der Waals surface area contributed by atoms with Crippen molar-refractivity contribution >= 4 is 5.97 Å². The highest BCUT2D eigenvalue weighted by Gasteiger charge is 2.55. The zero-order valence-corrected chi connectivity index (χ0v) is 15.6. The number of benzene rings is 1. The molecule has 0 saturated heterocycles. The largest absolute Gasteiger partial charge is 0.475 e. The molecule has 1 aromatic rings. The van der Waals surface area contributed by atoms with Crippen LogP contribution in [0.1, 0.15) is 81.8 Å². The topological polar surface area (TPSA) is 35.5 Å². The molecule has 0 heterocycles. The lowest BCUT2D eigenvalue weighted by Gasteiger charge is -2.54. The van der Waals surface area contributed by atoms with Gasteiger partial charge in [-0.15, -0.1) is 0 Å². The Kier molecular flexibility index (Phi) is 4.29. The lowest BCUT2D eigenvalue weighted by atomic mass is 9.50. The molecule has 3 saturated carbocycles. The molecule has 0 unspecified atom stereocenters. The standard InChI is InChI=1S/C22H30O3/c1-3-4-12-24-20(23)22(10-11-22)25-19-13-16(2)6-7-18(19)17-14-21(15-17)8-5-9-21/h6-7,13,17H,3-5,8-12,14-15H2,1-2H3. The molecule has 25 heavy (non-hydrogen) atoms. The summed E-state index contributed by atoms with van der Waals surface area (Å²) in [4.78, 5) is 12.5. The summed E-state index contributed by atoms with van der Waals surface area (Å²) in [7, 11) is 0. The average molecular weight is 342 g/mol. The van der Waals surface area contributed by atoms with Crippen LogP contribution in [-0.2, 0) is 9.53 Å². The third-order valence-corrected chi connectivity index (χ3v) is 6.49. The molecule has 4 rings (SSSR count). The van der Waals surface area contributed by atoms with E-state index in [1.807, 2.05) is 0 Å². The van der Waals surface area contributed by atoms with Gasteiger partial charge in [-0.25, -0.2) is 4.79 Å². The smallest absolute Gasteiger partial charge is 0.350 e. The van der Waals surface area contributed by atoms with Crippen LogP contribution < -0.4 is 4.74 Å². The van der Waals surface area contributed by atoms with E-state index in [1.54, 1.807) is 0 Å². The first-order valence-corrected chi connectivity index (χ1v) is 10.0. The molecule has 3 nitrogen and oxygen atoms in total. The van der Waals surface area contributed by atoms with Crippen LogP contribution in [0.25, 0.3) is 0 Å². The van der Waals surface area contributed by atoms with Gasteiger partial charge in [-0.05, 0) is 67.6 Å². The van der Waals surface area contributed by atoms with E-state index in [0.29, 0.717) is 17.9 Å². The van der Waals surface area contributed by atoms with Crippen LogP contribution in [-0.4, -0.2) is 18.2 Å². The van der Waals surface area contributed by atoms with Gasteiger partial charge >= 0.3 is 5.97 Å². The number of unbranched alkanes of at least 4 members (excludes halogenated alkanes) is 1. The van der Waals surface area contributed by atoms with Crippen molar-refractivity contribution in [2.75, 3.05) is 6.61 Å². The summed E-state index contributed by atoms with van der Waals surface area (Å²) in [6.45, 7) is 4.69. The Morgan fingerprint density at radius 1 is 1.20 bits per heavy atom. The van der Waals surface area contributed by atoms with Gasteiger partial charge < -0.3 is 9.47 Å². The minimum absolute atomic E-state index is 0.169. The maximum atomic E-state index is 12.5. The number of hydrogen-bond donors (Lipinski definition) is 0. The van der Waals surface area contributed by atoms with Crippen LogP contribution in [0.4, 0.5) is 0 Å². The minimum Gasteiger partial charge on any atom is -0.475 e. The zero-order chi connectivity index (χ0) is 17.5. The first-order chi connectivity index (χ1) is 12.1. The molecule has 136 valence electrons. The number of carbonyl (C=O) groups is 1. The highest BCUT2D eigenvalue weighted by molar-refractivity contribution is 5.83. The Bertz CT molecular complexity index is 647. The molecule has 0 atom stereocenters. The zero-order valence-electron chi connectivity index (χ0n) is 15.6. The van der Waals surface area contributed by atoms with Crippen molar-refractivity contribution in [2.24, 2.45) is 5.41 Å². The summed E-state index contributed by atoms with van der Waals surface area (Å²) < 4.78 is 11.8. The van der Waals surface area contributed by atoms with Crippen molar-refractivity contribution in [1.29, 1.82) is 0 Å². The van der Waals surface area contributed by atoms with Gasteiger partial charge in [-0.1, -0.05) is 31.9 Å². The van der Waals surface area contributed by atoms with Crippen LogP contribution in [0.5, 0.6) is 5.75 Å². The Morgan fingerprint density at radius 2 is 1.96 bits per heavy atom. The summed E-state index contributed by atoms with van der Waals surface area (Å²) >= 11 is 0. The number of esters is 1. The van der Waals surface area contributed by atoms with Gasteiger partial charge in [-0.3, -0.25) is 0 Å². The summed E-state index contributed by atoms with van der Waals surface area (Å²) in [6, 6.07) is 6.51. The van der Waals surface area contributed by atoms with Gasteiger partial charge in [-0.2, -0.15) is 0 Å². The predicted molar refractivity (Wildman–Crippen MR) is 97.9 cm³/mol. The van der Waals surface area contributed by atoms with E-state index in [4.69, 9.17) is 9.47 Å². The van der Waals surface area contributed by atoms with Crippen molar-refractivity contribution in [1.82, 2.24) is 0 Å². The molecule has 0 bridgehead atoms. The summed E-state index contributed by atoms with van der Waals surface area (Å²) in [6.07, 6.45) is 10.3. The maximum Gasteiger partial charge on any atom is 0.350 e. The van der Waals surface area contributed by atoms with Crippen molar-refractivity contribution in [2.45, 2.75) is 83.2 Å². The molecular weight excluding hydrogens is 312 g/mol. The third-order valence-electron chi connectivity index (χ3n) is 6.49. The molecule has 1 aromatic carbocycles. The van der Waals surface area contributed by atoms with Crippen LogP contribution in [0.15, 0.2) is 18.2 Å². The second-order valence-corrected chi connectivity index (χ2v) is 8.59. The molecule has 0 amide bonds. The van der Waals surface area contributed by atoms with E-state index in [1.165, 1.54) is 43.2 Å². The fourth-order valence-electron chi connectivity index (χ4n) is 4.47. The van der Waals surface area contributed by atoms with Gasteiger partial charge in [0, 0.05) is 12.8 Å². The summed E-state index contributed by atoms with van der Waals surface area (Å²) in [5, 5.41) is 0.